The summed E-state index contributed by atoms with van der Waals surface area (Å²) in [5.74, 6) is 0. The number of nitrogens with zero attached hydrogens (tertiary/aromatic N) is 3. The summed E-state index contributed by atoms with van der Waals surface area (Å²) in [4.78, 5) is 5.24. The average molecular weight is 659 g/mol. The Balaban J connectivity index is 1.35. The van der Waals surface area contributed by atoms with E-state index >= 15 is 0 Å². The van der Waals surface area contributed by atoms with Crippen LogP contribution in [-0.2, 0) is 6.42 Å². The minimum Gasteiger partial charge on any atom is -0.360 e. The van der Waals surface area contributed by atoms with Crippen molar-refractivity contribution in [1.29, 1.82) is 0 Å². The first-order valence-corrected chi connectivity index (χ1v) is 17.8. The molecule has 1 aliphatic heterocycles. The van der Waals surface area contributed by atoms with E-state index in [9.17, 15) is 0 Å². The molecule has 0 spiro atoms. The van der Waals surface area contributed by atoms with Gasteiger partial charge in [0.15, 0.2) is 0 Å². The molecule has 0 amide bonds. The molecule has 6 aromatic carbocycles. The van der Waals surface area contributed by atoms with Crippen LogP contribution in [0.4, 0.5) is 0 Å². The maximum absolute atomic E-state index is 5.24. The Morgan fingerprint density at radius 2 is 1.16 bits per heavy atom. The lowest BCUT2D eigenvalue weighted by molar-refractivity contribution is 0.664. The first kappa shape index (κ1) is 30.7. The lowest BCUT2D eigenvalue weighted by atomic mass is 10.0. The van der Waals surface area contributed by atoms with Gasteiger partial charge in [-0.1, -0.05) is 128 Å². The number of aliphatic imine (C=N–C) groups is 1. The van der Waals surface area contributed by atoms with Gasteiger partial charge in [0.25, 0.3) is 0 Å². The Bertz CT molecular complexity index is 2600. The zero-order valence-corrected chi connectivity index (χ0v) is 28.8. The summed E-state index contributed by atoms with van der Waals surface area (Å²) in [7, 11) is 0. The van der Waals surface area contributed by atoms with Crippen LogP contribution < -0.4 is 5.32 Å². The highest BCUT2D eigenvalue weighted by atomic mass is 15.1. The van der Waals surface area contributed by atoms with Crippen LogP contribution in [0.1, 0.15) is 48.0 Å². The second-order valence-electron chi connectivity index (χ2n) is 13.1. The zero-order chi connectivity index (χ0) is 34.3. The first-order valence-electron chi connectivity index (χ1n) is 17.8. The highest BCUT2D eigenvalue weighted by Crippen LogP contribution is 2.37. The number of aryl methyl sites for hydroxylation is 1. The average Bonchev–Trinajstić information content (AvgIpc) is 3.70. The fourth-order valence-corrected chi connectivity index (χ4v) is 7.78. The summed E-state index contributed by atoms with van der Waals surface area (Å²) in [5.41, 5.74) is 13.6. The van der Waals surface area contributed by atoms with Crippen molar-refractivity contribution in [2.45, 2.75) is 26.4 Å². The van der Waals surface area contributed by atoms with Crippen molar-refractivity contribution < 1.29 is 0 Å². The molecular formula is C47H38N4. The second-order valence-corrected chi connectivity index (χ2v) is 13.1. The molecule has 4 heteroatoms. The van der Waals surface area contributed by atoms with Crippen molar-refractivity contribution in [2.75, 3.05) is 0 Å². The molecule has 2 aromatic heterocycles. The van der Waals surface area contributed by atoms with Crippen LogP contribution in [0.2, 0.25) is 0 Å². The van der Waals surface area contributed by atoms with Crippen molar-refractivity contribution in [3.05, 3.63) is 192 Å². The molecule has 0 radical (unpaired) electrons. The van der Waals surface area contributed by atoms with Gasteiger partial charge in [-0.3, -0.25) is 4.99 Å². The van der Waals surface area contributed by atoms with Gasteiger partial charge in [0.1, 0.15) is 6.17 Å². The Labute approximate surface area is 298 Å². The molecule has 0 bridgehead atoms. The fourth-order valence-electron chi connectivity index (χ4n) is 7.78. The number of hydrogen-bond acceptors (Lipinski definition) is 2. The third-order valence-corrected chi connectivity index (χ3v) is 10.0. The van der Waals surface area contributed by atoms with Crippen LogP contribution in [0.3, 0.4) is 0 Å². The van der Waals surface area contributed by atoms with Crippen LogP contribution in [0.5, 0.6) is 0 Å². The Hall–Kier alpha value is -6.39. The second kappa shape index (κ2) is 12.8. The van der Waals surface area contributed by atoms with Crippen molar-refractivity contribution in [1.82, 2.24) is 14.5 Å². The van der Waals surface area contributed by atoms with Gasteiger partial charge >= 0.3 is 0 Å². The predicted octanol–water partition coefficient (Wildman–Crippen LogP) is 11.5. The molecule has 0 saturated heterocycles. The SMILES string of the molecule is C/C=C\c1c(CC)c2ccccc2n1-c1cc(C2=CC(c3ccccc3)=NC(c3ccccc3)N2)cc(-n2c3ccccc3c3ccccc32)c1. The Morgan fingerprint density at radius 1 is 0.608 bits per heavy atom. The molecule has 0 aliphatic carbocycles. The monoisotopic (exact) mass is 658 g/mol. The van der Waals surface area contributed by atoms with E-state index in [0.29, 0.717) is 0 Å². The van der Waals surface area contributed by atoms with E-state index in [1.807, 2.05) is 0 Å². The maximum atomic E-state index is 5.24. The summed E-state index contributed by atoms with van der Waals surface area (Å²) in [5, 5.41) is 7.62. The van der Waals surface area contributed by atoms with E-state index in [1.165, 1.54) is 44.0 Å². The minimum absolute atomic E-state index is 0.237. The number of allylic oxidation sites excluding steroid dienone is 2. The van der Waals surface area contributed by atoms with Crippen molar-refractivity contribution in [3.8, 4) is 11.4 Å². The topological polar surface area (TPSA) is 34.2 Å². The molecule has 1 unspecified atom stereocenters. The molecule has 9 rings (SSSR count). The van der Waals surface area contributed by atoms with Gasteiger partial charge in [-0.05, 0) is 78.6 Å². The third kappa shape index (κ3) is 5.28. The summed E-state index contributed by atoms with van der Waals surface area (Å²) in [6.07, 6.45) is 7.32. The van der Waals surface area contributed by atoms with E-state index in [1.54, 1.807) is 0 Å². The number of hydrogen-bond donors (Lipinski definition) is 1. The van der Waals surface area contributed by atoms with Gasteiger partial charge in [0.2, 0.25) is 0 Å². The number of aromatic nitrogens is 2. The Morgan fingerprint density at radius 3 is 1.78 bits per heavy atom. The van der Waals surface area contributed by atoms with Crippen LogP contribution in [-0.4, -0.2) is 14.8 Å². The number of fused-ring (bicyclic) bond motifs is 4. The van der Waals surface area contributed by atoms with E-state index < -0.39 is 0 Å². The number of rotatable bonds is 7. The molecular weight excluding hydrogens is 621 g/mol. The molecule has 1 atom stereocenters. The maximum Gasteiger partial charge on any atom is 0.145 e. The fraction of sp³-hybridized carbons (Fsp3) is 0.0851. The van der Waals surface area contributed by atoms with Crippen LogP contribution >= 0.6 is 0 Å². The summed E-state index contributed by atoms with van der Waals surface area (Å²) in [6.45, 7) is 4.36. The van der Waals surface area contributed by atoms with Crippen molar-refractivity contribution in [2.24, 2.45) is 4.99 Å². The van der Waals surface area contributed by atoms with Crippen LogP contribution in [0, 0.1) is 0 Å². The molecule has 51 heavy (non-hydrogen) atoms. The normalized spacial score (nSPS) is 14.7. The summed E-state index contributed by atoms with van der Waals surface area (Å²) >= 11 is 0. The smallest absolute Gasteiger partial charge is 0.145 e. The molecule has 8 aromatic rings. The van der Waals surface area contributed by atoms with Crippen LogP contribution in [0.15, 0.2) is 169 Å². The number of benzene rings is 6. The number of nitrogens with one attached hydrogen (secondary N) is 1. The lowest BCUT2D eigenvalue weighted by Gasteiger charge is -2.26. The van der Waals surface area contributed by atoms with Gasteiger partial charge in [-0.2, -0.15) is 0 Å². The molecule has 1 N–H and O–H groups in total. The zero-order valence-electron chi connectivity index (χ0n) is 28.8. The lowest BCUT2D eigenvalue weighted by Crippen LogP contribution is -2.25. The van der Waals surface area contributed by atoms with Gasteiger partial charge < -0.3 is 14.5 Å². The quantitative estimate of drug-likeness (QED) is 0.182. The van der Waals surface area contributed by atoms with Crippen molar-refractivity contribution >= 4 is 50.2 Å². The molecule has 3 heterocycles. The summed E-state index contributed by atoms with van der Waals surface area (Å²) < 4.78 is 4.86. The predicted molar refractivity (Wildman–Crippen MR) is 215 cm³/mol. The Kier molecular flexibility index (Phi) is 7.70. The minimum atomic E-state index is -0.237. The van der Waals surface area contributed by atoms with Gasteiger partial charge in [-0.15, -0.1) is 0 Å². The van der Waals surface area contributed by atoms with E-state index in [4.69, 9.17) is 4.99 Å². The van der Waals surface area contributed by atoms with Gasteiger partial charge in [0.05, 0.1) is 22.3 Å². The standard InChI is InChI=1S/C47H38N4/c1-3-17-43-37(4-2)38-22-11-14-25-44(38)50(43)35-28-34(29-36(30-35)51-45-26-15-12-23-39(45)40-24-13-16-27-46(40)51)42-31-41(32-18-7-5-8-19-32)48-47(49-42)33-20-9-6-10-21-33/h3,5-31,47,49H,4H2,1-2H3/b17-3-. The van der Waals surface area contributed by atoms with E-state index in [2.05, 4.69) is 198 Å². The van der Waals surface area contributed by atoms with Gasteiger partial charge in [0, 0.05) is 44.5 Å². The highest BCUT2D eigenvalue weighted by molar-refractivity contribution is 6.13. The molecule has 1 aliphatic rings. The third-order valence-electron chi connectivity index (χ3n) is 10.0. The largest absolute Gasteiger partial charge is 0.360 e. The molecule has 4 nitrogen and oxygen atoms in total. The summed E-state index contributed by atoms with van der Waals surface area (Å²) in [6, 6.07) is 54.3. The highest BCUT2D eigenvalue weighted by Gasteiger charge is 2.23. The van der Waals surface area contributed by atoms with Crippen molar-refractivity contribution in [3.63, 3.8) is 0 Å². The van der Waals surface area contributed by atoms with Gasteiger partial charge in [-0.25, -0.2) is 0 Å². The van der Waals surface area contributed by atoms with E-state index in [-0.39, 0.29) is 6.17 Å². The van der Waals surface area contributed by atoms with Crippen LogP contribution in [0.25, 0.3) is 55.9 Å². The molecule has 0 saturated carbocycles. The van der Waals surface area contributed by atoms with E-state index in [0.717, 1.165) is 45.9 Å². The number of para-hydroxylation sites is 3. The molecule has 0 fully saturated rings. The first-order chi connectivity index (χ1) is 25.2. The molecule has 246 valence electrons.